The number of urea groups is 1. The third-order valence-electron chi connectivity index (χ3n) is 5.49. The summed E-state index contributed by atoms with van der Waals surface area (Å²) in [7, 11) is -4.55. The number of benzene rings is 3. The number of halogens is 5. The van der Waals surface area contributed by atoms with Gasteiger partial charge in [-0.15, -0.1) is 0 Å². The molecule has 0 spiro atoms. The van der Waals surface area contributed by atoms with E-state index in [-0.39, 0.29) is 34.1 Å². The van der Waals surface area contributed by atoms with E-state index in [1.54, 1.807) is 24.3 Å². The van der Waals surface area contributed by atoms with Gasteiger partial charge >= 0.3 is 22.3 Å². The lowest BCUT2D eigenvalue weighted by Crippen LogP contribution is -2.40. The molecule has 3 rings (SSSR count). The number of carbonyl (C=O) groups excluding carboxylic acids is 1. The summed E-state index contributed by atoms with van der Waals surface area (Å²) in [6.45, 7) is 3.81. The van der Waals surface area contributed by atoms with E-state index in [0.717, 1.165) is 18.2 Å². The highest BCUT2D eigenvalue weighted by atomic mass is 35.5. The van der Waals surface area contributed by atoms with E-state index in [9.17, 15) is 26.4 Å². The van der Waals surface area contributed by atoms with Gasteiger partial charge in [-0.05, 0) is 61.4 Å². The lowest BCUT2D eigenvalue weighted by atomic mass is 10.1. The van der Waals surface area contributed by atoms with Gasteiger partial charge in [-0.1, -0.05) is 54.4 Å². The van der Waals surface area contributed by atoms with Crippen LogP contribution in [0.3, 0.4) is 0 Å². The van der Waals surface area contributed by atoms with Gasteiger partial charge < -0.3 is 14.4 Å². The van der Waals surface area contributed by atoms with Crippen LogP contribution in [0.15, 0.2) is 71.6 Å². The molecular formula is C25H23Cl2F3N2O4S. The predicted octanol–water partition coefficient (Wildman–Crippen LogP) is 7.61. The van der Waals surface area contributed by atoms with Gasteiger partial charge in [0, 0.05) is 12.6 Å². The Morgan fingerprint density at radius 1 is 1.03 bits per heavy atom. The fraction of sp³-hybridized carbons (Fsp3) is 0.240. The normalized spacial score (nSPS) is 12.6. The molecule has 0 aliphatic rings. The van der Waals surface area contributed by atoms with Crippen molar-refractivity contribution < 1.29 is 30.6 Å². The summed E-state index contributed by atoms with van der Waals surface area (Å²) in [5, 5.41) is 3.24. The van der Waals surface area contributed by atoms with Gasteiger partial charge in [0.15, 0.2) is 0 Å². The second kappa shape index (κ2) is 11.6. The van der Waals surface area contributed by atoms with Gasteiger partial charge in [0.2, 0.25) is 0 Å². The maximum Gasteiger partial charge on any atom is 0.416 e. The van der Waals surface area contributed by atoms with Crippen molar-refractivity contribution in [1.82, 2.24) is 4.90 Å². The monoisotopic (exact) mass is 574 g/mol. The summed E-state index contributed by atoms with van der Waals surface area (Å²) in [6, 6.07) is 13.3. The fourth-order valence-electron chi connectivity index (χ4n) is 3.34. The molecule has 1 atom stereocenters. The number of amides is 2. The molecule has 0 aromatic heterocycles. The first kappa shape index (κ1) is 28.6. The van der Waals surface area contributed by atoms with Crippen LogP contribution in [0, 0.1) is 0 Å². The number of hydrogen-bond acceptors (Lipinski definition) is 4. The maximum atomic E-state index is 13.1. The van der Waals surface area contributed by atoms with E-state index in [1.807, 2.05) is 13.8 Å². The zero-order valence-electron chi connectivity index (χ0n) is 19.7. The molecule has 2 amide bonds. The Hall–Kier alpha value is -2.95. The first-order valence-electron chi connectivity index (χ1n) is 11.0. The highest BCUT2D eigenvalue weighted by Crippen LogP contribution is 2.32. The minimum Gasteiger partial charge on any atom is -0.379 e. The summed E-state index contributed by atoms with van der Waals surface area (Å²) in [5.41, 5.74) is -0.328. The van der Waals surface area contributed by atoms with Crippen LogP contribution in [-0.4, -0.2) is 25.4 Å². The molecule has 3 aromatic rings. The second-order valence-corrected chi connectivity index (χ2v) is 10.5. The quantitative estimate of drug-likeness (QED) is 0.281. The summed E-state index contributed by atoms with van der Waals surface area (Å²) in [5.74, 6) is -0.117. The molecule has 37 heavy (non-hydrogen) atoms. The maximum absolute atomic E-state index is 13.1. The molecule has 198 valence electrons. The third kappa shape index (κ3) is 7.30. The van der Waals surface area contributed by atoms with Gasteiger partial charge in [-0.25, -0.2) is 4.79 Å². The highest BCUT2D eigenvalue weighted by molar-refractivity contribution is 7.87. The number of alkyl halides is 3. The molecule has 0 aliphatic carbocycles. The molecule has 3 aromatic carbocycles. The molecule has 1 N–H and O–H groups in total. The molecule has 0 radical (unpaired) electrons. The average molecular weight is 575 g/mol. The van der Waals surface area contributed by atoms with Crippen LogP contribution in [-0.2, 0) is 22.8 Å². The predicted molar refractivity (Wildman–Crippen MR) is 136 cm³/mol. The van der Waals surface area contributed by atoms with Crippen molar-refractivity contribution >= 4 is 45.0 Å². The Kier molecular flexibility index (Phi) is 8.99. The van der Waals surface area contributed by atoms with Gasteiger partial charge in [0.05, 0.1) is 21.3 Å². The number of anilines is 1. The molecule has 0 fully saturated rings. The number of nitrogens with zero attached hydrogens (tertiary/aromatic N) is 1. The van der Waals surface area contributed by atoms with E-state index < -0.39 is 32.8 Å². The molecular weight excluding hydrogens is 552 g/mol. The van der Waals surface area contributed by atoms with Gasteiger partial charge in [0.1, 0.15) is 10.6 Å². The fourth-order valence-corrected chi connectivity index (χ4v) is 4.80. The molecule has 0 saturated heterocycles. The number of nitrogens with one attached hydrogen (secondary N) is 1. The number of hydrogen-bond donors (Lipinski definition) is 1. The Bertz CT molecular complexity index is 1360. The molecule has 12 heteroatoms. The average Bonchev–Trinajstić information content (AvgIpc) is 2.84. The molecule has 1 unspecified atom stereocenters. The molecule has 6 nitrogen and oxygen atoms in total. The molecule has 0 heterocycles. The van der Waals surface area contributed by atoms with E-state index >= 15 is 0 Å². The van der Waals surface area contributed by atoms with Crippen molar-refractivity contribution in [1.29, 1.82) is 0 Å². The zero-order chi connectivity index (χ0) is 27.4. The summed E-state index contributed by atoms with van der Waals surface area (Å²) >= 11 is 12.3. The van der Waals surface area contributed by atoms with Crippen molar-refractivity contribution in [3.8, 4) is 5.75 Å². The van der Waals surface area contributed by atoms with Crippen LogP contribution in [0.1, 0.15) is 31.4 Å². The van der Waals surface area contributed by atoms with Crippen molar-refractivity contribution in [3.63, 3.8) is 0 Å². The SMILES string of the molecule is CCC(C)N(Cc1cccc(OS(=O)(=O)c2cccc(C(F)(F)F)c2)c1)C(=O)Nc1c(Cl)cccc1Cl. The first-order valence-corrected chi connectivity index (χ1v) is 13.2. The summed E-state index contributed by atoms with van der Waals surface area (Å²) < 4.78 is 69.4. The van der Waals surface area contributed by atoms with Crippen LogP contribution < -0.4 is 9.50 Å². The second-order valence-electron chi connectivity index (χ2n) is 8.12. The van der Waals surface area contributed by atoms with Gasteiger partial charge in [0.25, 0.3) is 0 Å². The zero-order valence-corrected chi connectivity index (χ0v) is 22.0. The number of para-hydroxylation sites is 1. The van der Waals surface area contributed by atoms with Crippen LogP contribution in [0.2, 0.25) is 10.0 Å². The smallest absolute Gasteiger partial charge is 0.379 e. The Balaban J connectivity index is 1.83. The lowest BCUT2D eigenvalue weighted by Gasteiger charge is -2.29. The molecule has 0 aliphatic heterocycles. The Morgan fingerprint density at radius 2 is 1.65 bits per heavy atom. The minimum absolute atomic E-state index is 0.0731. The largest absolute Gasteiger partial charge is 0.416 e. The van der Waals surface area contributed by atoms with Crippen molar-refractivity contribution in [3.05, 3.63) is 87.9 Å². The number of rotatable bonds is 8. The lowest BCUT2D eigenvalue weighted by molar-refractivity contribution is -0.137. The van der Waals surface area contributed by atoms with Gasteiger partial charge in [-0.3, -0.25) is 0 Å². The van der Waals surface area contributed by atoms with E-state index in [0.29, 0.717) is 18.1 Å². The first-order chi connectivity index (χ1) is 17.3. The van der Waals surface area contributed by atoms with E-state index in [2.05, 4.69) is 5.32 Å². The van der Waals surface area contributed by atoms with Crippen molar-refractivity contribution in [2.45, 2.75) is 43.9 Å². The van der Waals surface area contributed by atoms with Crippen LogP contribution in [0.25, 0.3) is 0 Å². The summed E-state index contributed by atoms with van der Waals surface area (Å²) in [6.07, 6.45) is -4.09. The van der Waals surface area contributed by atoms with Crippen LogP contribution in [0.4, 0.5) is 23.7 Å². The van der Waals surface area contributed by atoms with E-state index in [4.69, 9.17) is 27.4 Å². The van der Waals surface area contributed by atoms with Crippen molar-refractivity contribution in [2.24, 2.45) is 0 Å². The molecule has 0 bridgehead atoms. The Morgan fingerprint density at radius 3 is 2.27 bits per heavy atom. The topological polar surface area (TPSA) is 75.7 Å². The van der Waals surface area contributed by atoms with E-state index in [1.165, 1.54) is 23.1 Å². The van der Waals surface area contributed by atoms with Crippen LogP contribution >= 0.6 is 23.2 Å². The standard InChI is InChI=1S/C25H23Cl2F3N2O4S/c1-3-16(2)32(24(33)31-23-21(26)11-6-12-22(23)27)15-17-7-4-9-19(13-17)36-37(34,35)20-10-5-8-18(14-20)25(28,29)30/h4-14,16H,3,15H2,1-2H3,(H,31,33). The Labute approximate surface area is 223 Å². The third-order valence-corrected chi connectivity index (χ3v) is 7.36. The summed E-state index contributed by atoms with van der Waals surface area (Å²) in [4.78, 5) is 14.0. The van der Waals surface area contributed by atoms with Crippen molar-refractivity contribution in [2.75, 3.05) is 5.32 Å². The minimum atomic E-state index is -4.71. The molecule has 0 saturated carbocycles. The number of carbonyl (C=O) groups is 1. The van der Waals surface area contributed by atoms with Crippen LogP contribution in [0.5, 0.6) is 5.75 Å². The van der Waals surface area contributed by atoms with Gasteiger partial charge in [-0.2, -0.15) is 21.6 Å². The highest BCUT2D eigenvalue weighted by Gasteiger charge is 2.32.